The molecule has 0 saturated carbocycles. The summed E-state index contributed by atoms with van der Waals surface area (Å²) in [4.78, 5) is 0. The van der Waals surface area contributed by atoms with Gasteiger partial charge in [0.25, 0.3) is 0 Å². The van der Waals surface area contributed by atoms with Crippen molar-refractivity contribution in [3.8, 4) is 0 Å². The number of unbranched alkanes of at least 4 members (excludes halogenated alkanes) is 18. The lowest BCUT2D eigenvalue weighted by Gasteiger charge is -2.42. The van der Waals surface area contributed by atoms with Crippen LogP contribution in [0.2, 0.25) is 5.54 Å². The summed E-state index contributed by atoms with van der Waals surface area (Å²) >= 11 is 0. The molecule has 350 valence electrons. The first kappa shape index (κ1) is 53.0. The van der Waals surface area contributed by atoms with E-state index in [-0.39, 0.29) is 0 Å². The van der Waals surface area contributed by atoms with E-state index < -0.39 is 8.07 Å². The summed E-state index contributed by atoms with van der Waals surface area (Å²) in [5.41, 5.74) is 14.8. The van der Waals surface area contributed by atoms with E-state index in [0.29, 0.717) is 5.54 Å². The lowest BCUT2D eigenvalue weighted by atomic mass is 10.00. The van der Waals surface area contributed by atoms with Gasteiger partial charge in [-0.2, -0.15) is 0 Å². The molecule has 3 aromatic carbocycles. The van der Waals surface area contributed by atoms with Gasteiger partial charge in [-0.25, -0.2) is 0 Å². The lowest BCUT2D eigenvalue weighted by Crippen LogP contribution is -2.70. The fraction of sp³-hybridized carbons (Fsp3) is 0.645. The highest BCUT2D eigenvalue weighted by atomic mass is 28.3. The van der Waals surface area contributed by atoms with Gasteiger partial charge in [0.2, 0.25) is 0 Å². The minimum Gasteiger partial charge on any atom is -0.0676 e. The molecule has 0 heterocycles. The van der Waals surface area contributed by atoms with Crippen LogP contribution in [0.15, 0.2) is 77.4 Å². The topological polar surface area (TPSA) is 0 Å². The standard InChI is InChI=1S/C62H98Si/c1-10-16-22-28-34-53-41-54(35-29-23-17-11-2)45-59(44-53)63(62-51(8)40-50(7)52(62)9,60-46-55(36-30-24-18-12-3)42-56(47-60)37-31-25-19-13-4)61-48-57(38-32-26-20-14-5)43-58(49-61)39-33-27-21-15-6/h40-49,62H,10-39H2,1-9H3. The molecule has 63 heavy (non-hydrogen) atoms. The van der Waals surface area contributed by atoms with Crippen LogP contribution < -0.4 is 15.6 Å². The van der Waals surface area contributed by atoms with Crippen LogP contribution in [0, 0.1) is 0 Å². The number of allylic oxidation sites excluding steroid dienone is 4. The Morgan fingerprint density at radius 3 is 0.746 bits per heavy atom. The lowest BCUT2D eigenvalue weighted by molar-refractivity contribution is 0.661. The van der Waals surface area contributed by atoms with Gasteiger partial charge in [-0.15, -0.1) is 0 Å². The van der Waals surface area contributed by atoms with E-state index in [1.807, 2.05) is 0 Å². The third kappa shape index (κ3) is 16.3. The number of hydrogen-bond donors (Lipinski definition) is 0. The summed E-state index contributed by atoms with van der Waals surface area (Å²) in [6.07, 6.45) is 41.4. The fourth-order valence-electron chi connectivity index (χ4n) is 11.1. The largest absolute Gasteiger partial charge is 0.159 e. The SMILES string of the molecule is CCCCCCc1cc(CCCCCC)cc([Si](c2cc(CCCCCC)cc(CCCCCC)c2)(c2cc(CCCCCC)cc(CCCCCC)c2)C2C(C)=CC(C)=C2C)c1. The van der Waals surface area contributed by atoms with E-state index in [9.17, 15) is 0 Å². The summed E-state index contributed by atoms with van der Waals surface area (Å²) in [6.45, 7) is 21.6. The molecule has 0 nitrogen and oxygen atoms in total. The van der Waals surface area contributed by atoms with Crippen molar-refractivity contribution in [1.29, 1.82) is 0 Å². The maximum Gasteiger partial charge on any atom is 0.159 e. The molecule has 1 aliphatic carbocycles. The first-order valence-corrected chi connectivity index (χ1v) is 29.6. The van der Waals surface area contributed by atoms with Gasteiger partial charge in [0.05, 0.1) is 0 Å². The average Bonchev–Trinajstić information content (AvgIpc) is 3.54. The summed E-state index contributed by atoms with van der Waals surface area (Å²) in [5, 5.41) is 5.11. The van der Waals surface area contributed by atoms with Crippen LogP contribution in [0.25, 0.3) is 0 Å². The van der Waals surface area contributed by atoms with Crippen molar-refractivity contribution < 1.29 is 0 Å². The Balaban J connectivity index is 2.16. The molecule has 0 aliphatic heterocycles. The minimum absolute atomic E-state index is 0.410. The van der Waals surface area contributed by atoms with Crippen molar-refractivity contribution in [1.82, 2.24) is 0 Å². The predicted molar refractivity (Wildman–Crippen MR) is 287 cm³/mol. The average molecular weight is 872 g/mol. The monoisotopic (exact) mass is 871 g/mol. The molecular weight excluding hydrogens is 773 g/mol. The normalized spacial score (nSPS) is 14.3. The summed E-state index contributed by atoms with van der Waals surface area (Å²) in [5.74, 6) is 0. The molecule has 0 fully saturated rings. The summed E-state index contributed by atoms with van der Waals surface area (Å²) in [6, 6.07) is 24.9. The maximum atomic E-state index is 2.81. The number of aryl methyl sites for hydroxylation is 6. The first-order chi connectivity index (χ1) is 30.7. The van der Waals surface area contributed by atoms with Crippen LogP contribution in [0.5, 0.6) is 0 Å². The van der Waals surface area contributed by atoms with E-state index in [4.69, 9.17) is 0 Å². The van der Waals surface area contributed by atoms with Crippen molar-refractivity contribution >= 4 is 23.6 Å². The maximum absolute atomic E-state index is 2.81. The van der Waals surface area contributed by atoms with Gasteiger partial charge in [-0.3, -0.25) is 0 Å². The quantitative estimate of drug-likeness (QED) is 0.0319. The third-order valence-electron chi connectivity index (χ3n) is 14.8. The Morgan fingerprint density at radius 1 is 0.317 bits per heavy atom. The van der Waals surface area contributed by atoms with Gasteiger partial charge in [-0.05, 0) is 147 Å². The van der Waals surface area contributed by atoms with Crippen LogP contribution in [0.3, 0.4) is 0 Å². The molecule has 1 heteroatoms. The zero-order valence-corrected chi connectivity index (χ0v) is 44.1. The van der Waals surface area contributed by atoms with Crippen LogP contribution in [0.4, 0.5) is 0 Å². The number of rotatable bonds is 34. The summed E-state index contributed by atoms with van der Waals surface area (Å²) in [7, 11) is -2.80. The molecule has 1 aliphatic rings. The highest BCUT2D eigenvalue weighted by Crippen LogP contribution is 2.44. The molecule has 0 saturated heterocycles. The van der Waals surface area contributed by atoms with Crippen LogP contribution in [0.1, 0.15) is 250 Å². The van der Waals surface area contributed by atoms with Crippen molar-refractivity contribution in [3.63, 3.8) is 0 Å². The second-order valence-electron chi connectivity index (χ2n) is 20.5. The van der Waals surface area contributed by atoms with E-state index in [1.165, 1.54) is 198 Å². The Morgan fingerprint density at radius 2 is 0.556 bits per heavy atom. The van der Waals surface area contributed by atoms with Crippen molar-refractivity contribution in [2.24, 2.45) is 0 Å². The van der Waals surface area contributed by atoms with Gasteiger partial charge in [0, 0.05) is 5.54 Å². The molecule has 0 N–H and O–H groups in total. The molecule has 3 aromatic rings. The predicted octanol–water partition coefficient (Wildman–Crippen LogP) is 17.6. The van der Waals surface area contributed by atoms with Gasteiger partial charge >= 0.3 is 0 Å². The van der Waals surface area contributed by atoms with Crippen LogP contribution in [-0.4, -0.2) is 8.07 Å². The Hall–Kier alpha value is -2.64. The Bertz CT molecular complexity index is 1540. The fourth-order valence-corrected chi connectivity index (χ4v) is 17.3. The van der Waals surface area contributed by atoms with E-state index in [0.717, 1.165) is 0 Å². The van der Waals surface area contributed by atoms with Crippen LogP contribution >= 0.6 is 0 Å². The highest BCUT2D eigenvalue weighted by Gasteiger charge is 2.50. The first-order valence-electron chi connectivity index (χ1n) is 27.5. The second kappa shape index (κ2) is 29.8. The summed E-state index contributed by atoms with van der Waals surface area (Å²) < 4.78 is 0. The van der Waals surface area contributed by atoms with E-state index in [1.54, 1.807) is 60.1 Å². The van der Waals surface area contributed by atoms with Gasteiger partial charge in [0.15, 0.2) is 8.07 Å². The minimum atomic E-state index is -2.80. The van der Waals surface area contributed by atoms with Gasteiger partial charge in [-0.1, -0.05) is 235 Å². The third-order valence-corrected chi connectivity index (χ3v) is 20.2. The Labute approximate surface area is 393 Å². The molecule has 0 spiro atoms. The number of hydrogen-bond acceptors (Lipinski definition) is 0. The zero-order chi connectivity index (χ0) is 45.3. The smallest absolute Gasteiger partial charge is 0.0676 e. The van der Waals surface area contributed by atoms with Crippen molar-refractivity contribution in [2.75, 3.05) is 0 Å². The van der Waals surface area contributed by atoms with E-state index in [2.05, 4.69) is 123 Å². The number of benzene rings is 3. The van der Waals surface area contributed by atoms with Gasteiger partial charge < -0.3 is 0 Å². The molecule has 1 atom stereocenters. The highest BCUT2D eigenvalue weighted by molar-refractivity contribution is 7.13. The molecule has 0 radical (unpaired) electrons. The molecular formula is C62H98Si. The second-order valence-corrected chi connectivity index (χ2v) is 24.4. The molecule has 1 unspecified atom stereocenters. The molecule has 0 aromatic heterocycles. The zero-order valence-electron chi connectivity index (χ0n) is 43.1. The molecule has 0 bridgehead atoms. The molecule has 0 amide bonds. The van der Waals surface area contributed by atoms with Crippen LogP contribution in [-0.2, 0) is 38.5 Å². The Kier molecular flexibility index (Phi) is 25.1. The molecule has 4 rings (SSSR count). The van der Waals surface area contributed by atoms with Crippen molar-refractivity contribution in [3.05, 3.63) is 111 Å². The van der Waals surface area contributed by atoms with Crippen molar-refractivity contribution in [2.45, 2.75) is 260 Å². The van der Waals surface area contributed by atoms with Gasteiger partial charge in [0.1, 0.15) is 0 Å². The van der Waals surface area contributed by atoms with E-state index >= 15 is 0 Å².